The molecule has 0 unspecified atom stereocenters. The fraction of sp³-hybridized carbons (Fsp3) is 0.200. The van der Waals surface area contributed by atoms with Crippen molar-refractivity contribution in [2.24, 2.45) is 5.73 Å². The van der Waals surface area contributed by atoms with E-state index in [0.29, 0.717) is 11.6 Å². The summed E-state index contributed by atoms with van der Waals surface area (Å²) in [5.41, 5.74) is 8.17. The Morgan fingerprint density at radius 2 is 1.85 bits per heavy atom. The third-order valence-corrected chi connectivity index (χ3v) is 5.01. The van der Waals surface area contributed by atoms with E-state index >= 15 is 0 Å². The van der Waals surface area contributed by atoms with Crippen molar-refractivity contribution in [2.75, 3.05) is 6.54 Å². The number of hydrogen-bond acceptors (Lipinski definition) is 2. The first-order valence-electron chi connectivity index (χ1n) is 8.71. The van der Waals surface area contributed by atoms with Gasteiger partial charge in [-0.05, 0) is 30.2 Å². The van der Waals surface area contributed by atoms with Gasteiger partial charge in [-0.2, -0.15) is 0 Å². The van der Waals surface area contributed by atoms with Gasteiger partial charge in [0.1, 0.15) is 0 Å². The summed E-state index contributed by atoms with van der Waals surface area (Å²) < 4.78 is 0. The molecule has 7 heteroatoms. The standard InChI is InChI=1S/C20H21ClN4O2/c1-12(19(26)25-20(22)27)23-10-15(13-6-2-4-8-17(13)21)16-11-24-18-9-5-3-7-14(16)18/h2-9,11-12,15,23-24H,10H2,1H3,(H3,22,25,26,27)/p+1/t12-,15-/m0/s1. The number of amides is 3. The predicted octanol–water partition coefficient (Wildman–Crippen LogP) is 2.10. The van der Waals surface area contributed by atoms with Crippen LogP contribution in [0.3, 0.4) is 0 Å². The van der Waals surface area contributed by atoms with E-state index in [0.717, 1.165) is 22.0 Å². The number of fused-ring (bicyclic) bond motifs is 1. The average molecular weight is 386 g/mol. The Morgan fingerprint density at radius 1 is 1.15 bits per heavy atom. The molecule has 0 radical (unpaired) electrons. The zero-order valence-corrected chi connectivity index (χ0v) is 15.7. The van der Waals surface area contributed by atoms with Gasteiger partial charge in [0.2, 0.25) is 0 Å². The molecule has 1 heterocycles. The number of halogens is 1. The second kappa shape index (κ2) is 8.24. The maximum Gasteiger partial charge on any atom is 0.319 e. The van der Waals surface area contributed by atoms with Crippen molar-refractivity contribution in [3.63, 3.8) is 0 Å². The molecule has 0 saturated heterocycles. The van der Waals surface area contributed by atoms with E-state index in [1.165, 1.54) is 0 Å². The Hall–Kier alpha value is -2.83. The minimum absolute atomic E-state index is 0.0290. The second-order valence-corrected chi connectivity index (χ2v) is 6.88. The van der Waals surface area contributed by atoms with Crippen LogP contribution in [0.25, 0.3) is 10.9 Å². The predicted molar refractivity (Wildman–Crippen MR) is 106 cm³/mol. The molecule has 6 N–H and O–H groups in total. The Balaban J connectivity index is 1.91. The van der Waals surface area contributed by atoms with Gasteiger partial charge in [-0.15, -0.1) is 0 Å². The molecule has 0 spiro atoms. The number of nitrogens with one attached hydrogen (secondary N) is 2. The quantitative estimate of drug-likeness (QED) is 0.521. The normalized spacial score (nSPS) is 13.3. The number of quaternary nitrogens is 1. The van der Waals surface area contributed by atoms with Crippen molar-refractivity contribution >= 4 is 34.4 Å². The van der Waals surface area contributed by atoms with Crippen LogP contribution in [0.4, 0.5) is 4.79 Å². The number of carbonyl (C=O) groups is 2. The lowest BCUT2D eigenvalue weighted by Crippen LogP contribution is -2.92. The van der Waals surface area contributed by atoms with Gasteiger partial charge in [-0.3, -0.25) is 10.1 Å². The first-order valence-corrected chi connectivity index (χ1v) is 9.09. The van der Waals surface area contributed by atoms with Crippen LogP contribution in [0.1, 0.15) is 24.0 Å². The summed E-state index contributed by atoms with van der Waals surface area (Å²) in [6.07, 6.45) is 1.99. The highest BCUT2D eigenvalue weighted by molar-refractivity contribution is 6.31. The number of nitrogens with two attached hydrogens (primary N) is 2. The molecule has 1 aromatic heterocycles. The van der Waals surface area contributed by atoms with Crippen molar-refractivity contribution in [1.29, 1.82) is 0 Å². The highest BCUT2D eigenvalue weighted by atomic mass is 35.5. The summed E-state index contributed by atoms with van der Waals surface area (Å²) in [6.45, 7) is 2.32. The summed E-state index contributed by atoms with van der Waals surface area (Å²) in [7, 11) is 0. The first-order chi connectivity index (χ1) is 13.0. The molecule has 0 saturated carbocycles. The highest BCUT2D eigenvalue weighted by Gasteiger charge is 2.25. The first kappa shape index (κ1) is 18.9. The minimum atomic E-state index is -0.848. The number of primary amides is 1. The number of carbonyl (C=O) groups excluding carboxylic acids is 2. The summed E-state index contributed by atoms with van der Waals surface area (Å²) in [4.78, 5) is 26.2. The lowest BCUT2D eigenvalue weighted by molar-refractivity contribution is -0.674. The second-order valence-electron chi connectivity index (χ2n) is 6.48. The van der Waals surface area contributed by atoms with Crippen LogP contribution in [0.15, 0.2) is 54.7 Å². The molecule has 2 aromatic carbocycles. The van der Waals surface area contributed by atoms with Crippen molar-refractivity contribution in [3.05, 3.63) is 70.9 Å². The molecule has 0 fully saturated rings. The van der Waals surface area contributed by atoms with Crippen molar-refractivity contribution < 1.29 is 14.9 Å². The monoisotopic (exact) mass is 385 g/mol. The van der Waals surface area contributed by atoms with Gasteiger partial charge in [0, 0.05) is 22.1 Å². The third kappa shape index (κ3) is 4.30. The molecule has 2 atom stereocenters. The number of imide groups is 1. The molecule has 3 rings (SSSR count). The Labute approximate surface area is 162 Å². The number of benzene rings is 2. The van der Waals surface area contributed by atoms with Crippen molar-refractivity contribution in [2.45, 2.75) is 18.9 Å². The van der Waals surface area contributed by atoms with Crippen molar-refractivity contribution in [1.82, 2.24) is 10.3 Å². The molecule has 6 nitrogen and oxygen atoms in total. The maximum absolute atomic E-state index is 12.0. The number of urea groups is 1. The van der Waals surface area contributed by atoms with Crippen LogP contribution < -0.4 is 16.4 Å². The summed E-state index contributed by atoms with van der Waals surface area (Å²) in [6, 6.07) is 14.5. The number of aromatic nitrogens is 1. The molecule has 0 aliphatic carbocycles. The number of hydrogen-bond donors (Lipinski definition) is 4. The van der Waals surface area contributed by atoms with Gasteiger partial charge < -0.3 is 16.0 Å². The summed E-state index contributed by atoms with van der Waals surface area (Å²) in [5, 5.41) is 5.79. The molecular weight excluding hydrogens is 364 g/mol. The summed E-state index contributed by atoms with van der Waals surface area (Å²) in [5.74, 6) is -0.446. The smallest absolute Gasteiger partial charge is 0.319 e. The molecule has 3 aromatic rings. The molecule has 27 heavy (non-hydrogen) atoms. The lowest BCUT2D eigenvalue weighted by Gasteiger charge is -2.19. The van der Waals surface area contributed by atoms with Crippen LogP contribution >= 0.6 is 11.6 Å². The average Bonchev–Trinajstić information content (AvgIpc) is 3.06. The number of H-pyrrole nitrogens is 1. The van der Waals surface area contributed by atoms with Crippen LogP contribution in [-0.4, -0.2) is 29.5 Å². The highest BCUT2D eigenvalue weighted by Crippen LogP contribution is 2.33. The van der Waals surface area contributed by atoms with Gasteiger partial charge >= 0.3 is 6.03 Å². The Bertz CT molecular complexity index is 969. The number of aromatic amines is 1. The van der Waals surface area contributed by atoms with E-state index in [2.05, 4.69) is 16.4 Å². The van der Waals surface area contributed by atoms with Gasteiger partial charge in [-0.25, -0.2) is 4.79 Å². The Kier molecular flexibility index (Phi) is 5.78. The van der Waals surface area contributed by atoms with Gasteiger partial charge in [0.15, 0.2) is 6.04 Å². The molecule has 140 valence electrons. The van der Waals surface area contributed by atoms with Crippen LogP contribution in [-0.2, 0) is 4.79 Å². The fourth-order valence-electron chi connectivity index (χ4n) is 3.24. The Morgan fingerprint density at radius 3 is 2.59 bits per heavy atom. The SMILES string of the molecule is C[C@H]([NH2+]C[C@@H](c1ccccc1Cl)c1c[nH]c2ccccc12)C(=O)NC(N)=O. The fourth-order valence-corrected chi connectivity index (χ4v) is 3.51. The van der Waals surface area contributed by atoms with E-state index in [9.17, 15) is 9.59 Å². The topological polar surface area (TPSA) is 105 Å². The van der Waals surface area contributed by atoms with Gasteiger partial charge in [0.25, 0.3) is 5.91 Å². The molecule has 0 bridgehead atoms. The minimum Gasteiger partial charge on any atom is -0.361 e. The van der Waals surface area contributed by atoms with Crippen LogP contribution in [0.2, 0.25) is 5.02 Å². The molecule has 3 amide bonds. The molecule has 0 aliphatic heterocycles. The lowest BCUT2D eigenvalue weighted by atomic mass is 9.90. The molecule has 0 aliphatic rings. The number of rotatable bonds is 6. The third-order valence-electron chi connectivity index (χ3n) is 4.66. The number of para-hydroxylation sites is 1. The molecular formula is C20H22ClN4O2+. The largest absolute Gasteiger partial charge is 0.361 e. The van der Waals surface area contributed by atoms with Gasteiger partial charge in [0.05, 0.1) is 12.5 Å². The van der Waals surface area contributed by atoms with E-state index in [4.69, 9.17) is 17.3 Å². The van der Waals surface area contributed by atoms with E-state index in [1.54, 1.807) is 6.92 Å². The zero-order valence-electron chi connectivity index (χ0n) is 14.9. The van der Waals surface area contributed by atoms with Crippen LogP contribution in [0, 0.1) is 0 Å². The summed E-state index contributed by atoms with van der Waals surface area (Å²) >= 11 is 6.47. The van der Waals surface area contributed by atoms with E-state index < -0.39 is 18.0 Å². The van der Waals surface area contributed by atoms with E-state index in [-0.39, 0.29) is 5.92 Å². The van der Waals surface area contributed by atoms with Crippen molar-refractivity contribution in [3.8, 4) is 0 Å². The maximum atomic E-state index is 12.0. The van der Waals surface area contributed by atoms with Crippen LogP contribution in [0.5, 0.6) is 0 Å². The van der Waals surface area contributed by atoms with Gasteiger partial charge in [-0.1, -0.05) is 48.0 Å². The van der Waals surface area contributed by atoms with E-state index in [1.807, 2.05) is 54.0 Å². The zero-order chi connectivity index (χ0) is 19.4.